The third-order valence-corrected chi connectivity index (χ3v) is 4.93. The maximum atomic E-state index is 13.0. The standard InChI is InChI=1S/C19H17Cl2FN2O2/c20-13-3-6-16(17(21)11-13)18(25)23-15-7-9-24(10-8-15)19(26)12-1-4-14(22)5-2-12/h1-6,11,15H,7-10H2,(H,23,25). The summed E-state index contributed by atoms with van der Waals surface area (Å²) in [5, 5.41) is 3.72. The molecule has 4 nitrogen and oxygen atoms in total. The van der Waals surface area contributed by atoms with Crippen molar-refractivity contribution in [2.75, 3.05) is 13.1 Å². The summed E-state index contributed by atoms with van der Waals surface area (Å²) in [7, 11) is 0. The summed E-state index contributed by atoms with van der Waals surface area (Å²) in [4.78, 5) is 26.5. The van der Waals surface area contributed by atoms with Gasteiger partial charge in [-0.25, -0.2) is 4.39 Å². The van der Waals surface area contributed by atoms with E-state index in [1.54, 1.807) is 17.0 Å². The summed E-state index contributed by atoms with van der Waals surface area (Å²) in [5.74, 6) is -0.755. The van der Waals surface area contributed by atoms with Crippen LogP contribution >= 0.6 is 23.2 Å². The van der Waals surface area contributed by atoms with E-state index in [0.717, 1.165) is 0 Å². The molecule has 0 aliphatic carbocycles. The monoisotopic (exact) mass is 394 g/mol. The number of hydrogen-bond acceptors (Lipinski definition) is 2. The lowest BCUT2D eigenvalue weighted by Gasteiger charge is -2.32. The third kappa shape index (κ3) is 4.34. The number of carbonyl (C=O) groups is 2. The lowest BCUT2D eigenvalue weighted by Crippen LogP contribution is -2.46. The average Bonchev–Trinajstić information content (AvgIpc) is 2.62. The highest BCUT2D eigenvalue weighted by molar-refractivity contribution is 6.36. The van der Waals surface area contributed by atoms with Crippen LogP contribution in [0.5, 0.6) is 0 Å². The molecule has 1 aliphatic heterocycles. The van der Waals surface area contributed by atoms with Gasteiger partial charge in [0.25, 0.3) is 11.8 Å². The number of benzene rings is 2. The van der Waals surface area contributed by atoms with Crippen LogP contribution in [0.15, 0.2) is 42.5 Å². The van der Waals surface area contributed by atoms with E-state index in [9.17, 15) is 14.0 Å². The molecular weight excluding hydrogens is 378 g/mol. The molecule has 0 spiro atoms. The van der Waals surface area contributed by atoms with Gasteiger partial charge in [-0.15, -0.1) is 0 Å². The zero-order chi connectivity index (χ0) is 18.7. The SMILES string of the molecule is O=C(NC1CCN(C(=O)c2ccc(F)cc2)CC1)c1ccc(Cl)cc1Cl. The summed E-state index contributed by atoms with van der Waals surface area (Å²) in [6, 6.07) is 10.2. The van der Waals surface area contributed by atoms with Crippen molar-refractivity contribution in [3.8, 4) is 0 Å². The lowest BCUT2D eigenvalue weighted by atomic mass is 10.0. The second kappa shape index (κ2) is 8.06. The van der Waals surface area contributed by atoms with Crippen LogP contribution in [0.1, 0.15) is 33.6 Å². The minimum absolute atomic E-state index is 0.0356. The summed E-state index contributed by atoms with van der Waals surface area (Å²) in [6.45, 7) is 1.05. The Morgan fingerprint density at radius 2 is 1.69 bits per heavy atom. The fraction of sp³-hybridized carbons (Fsp3) is 0.263. The van der Waals surface area contributed by atoms with Crippen molar-refractivity contribution in [1.29, 1.82) is 0 Å². The van der Waals surface area contributed by atoms with E-state index in [1.807, 2.05) is 0 Å². The van der Waals surface area contributed by atoms with Crippen LogP contribution in [0.4, 0.5) is 4.39 Å². The zero-order valence-corrected chi connectivity index (χ0v) is 15.4. The molecular formula is C19H17Cl2FN2O2. The zero-order valence-electron chi connectivity index (χ0n) is 13.8. The molecule has 136 valence electrons. The minimum atomic E-state index is -0.371. The van der Waals surface area contributed by atoms with Crippen molar-refractivity contribution < 1.29 is 14.0 Å². The molecule has 2 aromatic carbocycles. The van der Waals surface area contributed by atoms with Crippen molar-refractivity contribution >= 4 is 35.0 Å². The van der Waals surface area contributed by atoms with E-state index >= 15 is 0 Å². The smallest absolute Gasteiger partial charge is 0.253 e. The predicted molar refractivity (Wildman–Crippen MR) is 99.3 cm³/mol. The summed E-state index contributed by atoms with van der Waals surface area (Å²) >= 11 is 11.9. The largest absolute Gasteiger partial charge is 0.349 e. The van der Waals surface area contributed by atoms with E-state index in [-0.39, 0.29) is 23.7 Å². The number of hydrogen-bond donors (Lipinski definition) is 1. The normalized spacial score (nSPS) is 15.0. The molecule has 2 amide bonds. The molecule has 0 saturated carbocycles. The second-order valence-electron chi connectivity index (χ2n) is 6.17. The van der Waals surface area contributed by atoms with Crippen LogP contribution in [0.3, 0.4) is 0 Å². The maximum absolute atomic E-state index is 13.0. The van der Waals surface area contributed by atoms with E-state index < -0.39 is 0 Å². The first-order valence-electron chi connectivity index (χ1n) is 8.25. The molecule has 0 atom stereocenters. The highest BCUT2D eigenvalue weighted by atomic mass is 35.5. The first kappa shape index (κ1) is 18.7. The van der Waals surface area contributed by atoms with Gasteiger partial charge >= 0.3 is 0 Å². The number of piperidine rings is 1. The van der Waals surface area contributed by atoms with Gasteiger partial charge < -0.3 is 10.2 Å². The molecule has 0 unspecified atom stereocenters. The number of likely N-dealkylation sites (tertiary alicyclic amines) is 1. The van der Waals surface area contributed by atoms with Gasteiger partial charge in [0.1, 0.15) is 5.82 Å². The third-order valence-electron chi connectivity index (χ3n) is 4.38. The molecule has 7 heteroatoms. The Bertz CT molecular complexity index is 819. The van der Waals surface area contributed by atoms with E-state index in [2.05, 4.69) is 5.32 Å². The second-order valence-corrected chi connectivity index (χ2v) is 7.01. The van der Waals surface area contributed by atoms with Crippen molar-refractivity contribution in [1.82, 2.24) is 10.2 Å². The van der Waals surface area contributed by atoms with Crippen LogP contribution in [-0.4, -0.2) is 35.8 Å². The molecule has 2 aromatic rings. The molecule has 1 heterocycles. The Morgan fingerprint density at radius 3 is 2.31 bits per heavy atom. The lowest BCUT2D eigenvalue weighted by molar-refractivity contribution is 0.0698. The first-order valence-corrected chi connectivity index (χ1v) is 9.00. The summed E-state index contributed by atoms with van der Waals surface area (Å²) < 4.78 is 13.0. The van der Waals surface area contributed by atoms with Crippen LogP contribution in [0, 0.1) is 5.82 Å². The Morgan fingerprint density at radius 1 is 1.04 bits per heavy atom. The number of carbonyl (C=O) groups excluding carboxylic acids is 2. The number of amides is 2. The van der Waals surface area contributed by atoms with Gasteiger partial charge in [0.05, 0.1) is 10.6 Å². The van der Waals surface area contributed by atoms with Gasteiger partial charge in [-0.3, -0.25) is 9.59 Å². The Hall–Kier alpha value is -2.11. The fourth-order valence-corrected chi connectivity index (χ4v) is 3.43. The molecule has 1 fully saturated rings. The molecule has 0 bridgehead atoms. The topological polar surface area (TPSA) is 49.4 Å². The van der Waals surface area contributed by atoms with Crippen LogP contribution in [0.25, 0.3) is 0 Å². The fourth-order valence-electron chi connectivity index (χ4n) is 2.94. The van der Waals surface area contributed by atoms with Crippen molar-refractivity contribution in [2.24, 2.45) is 0 Å². The van der Waals surface area contributed by atoms with E-state index in [1.165, 1.54) is 30.3 Å². The van der Waals surface area contributed by atoms with Crippen LogP contribution < -0.4 is 5.32 Å². The Labute approximate surface area is 160 Å². The molecule has 0 aromatic heterocycles. The summed E-state index contributed by atoms with van der Waals surface area (Å²) in [5.41, 5.74) is 0.836. The number of rotatable bonds is 3. The molecule has 26 heavy (non-hydrogen) atoms. The number of nitrogens with zero attached hydrogens (tertiary/aromatic N) is 1. The van der Waals surface area contributed by atoms with Gasteiger partial charge in [0.15, 0.2) is 0 Å². The summed E-state index contributed by atoms with van der Waals surface area (Å²) in [6.07, 6.45) is 1.29. The van der Waals surface area contributed by atoms with Gasteiger partial charge in [0, 0.05) is 29.7 Å². The van der Waals surface area contributed by atoms with Crippen molar-refractivity contribution in [3.05, 3.63) is 69.5 Å². The Balaban J connectivity index is 1.55. The minimum Gasteiger partial charge on any atom is -0.349 e. The first-order chi connectivity index (χ1) is 12.4. The van der Waals surface area contributed by atoms with Gasteiger partial charge in [0.2, 0.25) is 0 Å². The highest BCUT2D eigenvalue weighted by Crippen LogP contribution is 2.22. The number of halogens is 3. The van der Waals surface area contributed by atoms with Gasteiger partial charge in [-0.1, -0.05) is 23.2 Å². The highest BCUT2D eigenvalue weighted by Gasteiger charge is 2.25. The maximum Gasteiger partial charge on any atom is 0.253 e. The Kier molecular flexibility index (Phi) is 5.79. The molecule has 0 radical (unpaired) electrons. The molecule has 1 aliphatic rings. The predicted octanol–water partition coefficient (Wildman–Crippen LogP) is 4.17. The quantitative estimate of drug-likeness (QED) is 0.848. The molecule has 1 N–H and O–H groups in total. The van der Waals surface area contributed by atoms with E-state index in [4.69, 9.17) is 23.2 Å². The molecule has 1 saturated heterocycles. The molecule has 3 rings (SSSR count). The van der Waals surface area contributed by atoms with Crippen molar-refractivity contribution in [3.63, 3.8) is 0 Å². The van der Waals surface area contributed by atoms with Crippen LogP contribution in [0.2, 0.25) is 10.0 Å². The van der Waals surface area contributed by atoms with Gasteiger partial charge in [-0.2, -0.15) is 0 Å². The van der Waals surface area contributed by atoms with Crippen LogP contribution in [-0.2, 0) is 0 Å². The number of nitrogens with one attached hydrogen (secondary N) is 1. The average molecular weight is 395 g/mol. The van der Waals surface area contributed by atoms with Crippen molar-refractivity contribution in [2.45, 2.75) is 18.9 Å². The van der Waals surface area contributed by atoms with E-state index in [0.29, 0.717) is 47.1 Å². The van der Waals surface area contributed by atoms with Gasteiger partial charge in [-0.05, 0) is 55.3 Å².